The number of fused-ring (bicyclic) bond motifs is 1. The molecule has 1 saturated heterocycles. The number of benzene rings is 1. The Balaban J connectivity index is 1.40. The van der Waals surface area contributed by atoms with Gasteiger partial charge in [0.2, 0.25) is 11.8 Å². The second kappa shape index (κ2) is 6.70. The number of carbonyl (C=O) groups excluding carboxylic acids is 1. The van der Waals surface area contributed by atoms with Gasteiger partial charge in [-0.1, -0.05) is 17.3 Å². The van der Waals surface area contributed by atoms with Gasteiger partial charge in [0, 0.05) is 25.9 Å². The van der Waals surface area contributed by atoms with Gasteiger partial charge in [0.1, 0.15) is 5.69 Å². The smallest absolute Gasteiger partial charge is 0.270 e. The van der Waals surface area contributed by atoms with Crippen molar-refractivity contribution in [2.45, 2.75) is 32.1 Å². The molecule has 0 unspecified atom stereocenters. The summed E-state index contributed by atoms with van der Waals surface area (Å²) in [5.74, 6) is 1.29. The van der Waals surface area contributed by atoms with Crippen LogP contribution in [0.25, 0.3) is 11.0 Å². The molecular formula is C18H19N5O3. The Labute approximate surface area is 149 Å². The quantitative estimate of drug-likeness (QED) is 0.763. The minimum absolute atomic E-state index is 0.0121. The van der Waals surface area contributed by atoms with Crippen LogP contribution >= 0.6 is 0 Å². The molecule has 1 atom stereocenters. The maximum absolute atomic E-state index is 12.5. The van der Waals surface area contributed by atoms with Gasteiger partial charge in [-0.25, -0.2) is 4.98 Å². The molecule has 134 valence electrons. The van der Waals surface area contributed by atoms with E-state index in [4.69, 9.17) is 4.52 Å². The van der Waals surface area contributed by atoms with Gasteiger partial charge in [-0.15, -0.1) is 0 Å². The number of hydrogen-bond donors (Lipinski definition) is 1. The summed E-state index contributed by atoms with van der Waals surface area (Å²) >= 11 is 0. The summed E-state index contributed by atoms with van der Waals surface area (Å²) in [5, 5.41) is 3.81. The average Bonchev–Trinajstić information content (AvgIpc) is 3.28. The minimum atomic E-state index is -0.239. The number of carbonyl (C=O) groups is 1. The fourth-order valence-corrected chi connectivity index (χ4v) is 3.29. The lowest BCUT2D eigenvalue weighted by Gasteiger charge is -2.15. The first-order valence-electron chi connectivity index (χ1n) is 8.66. The van der Waals surface area contributed by atoms with Gasteiger partial charge in [-0.05, 0) is 25.5 Å². The lowest BCUT2D eigenvalue weighted by atomic mass is 10.1. The molecule has 2 aromatic heterocycles. The summed E-state index contributed by atoms with van der Waals surface area (Å²) in [7, 11) is 0. The van der Waals surface area contributed by atoms with Gasteiger partial charge >= 0.3 is 0 Å². The number of para-hydroxylation sites is 2. The van der Waals surface area contributed by atoms with Crippen molar-refractivity contribution in [1.29, 1.82) is 0 Å². The third-order valence-corrected chi connectivity index (χ3v) is 4.68. The van der Waals surface area contributed by atoms with Crippen molar-refractivity contribution in [2.75, 3.05) is 13.1 Å². The number of amides is 1. The maximum atomic E-state index is 12.5. The fraction of sp³-hybridized carbons (Fsp3) is 0.389. The SMILES string of the molecule is Cc1noc([C@@H]2CCN(C(=O)CCc3nc4ccccc4[nH]c3=O)C2)n1. The molecule has 4 rings (SSSR count). The van der Waals surface area contributed by atoms with Gasteiger partial charge in [0.25, 0.3) is 5.56 Å². The van der Waals surface area contributed by atoms with E-state index >= 15 is 0 Å². The van der Waals surface area contributed by atoms with E-state index in [9.17, 15) is 9.59 Å². The number of aryl methyl sites for hydroxylation is 2. The van der Waals surface area contributed by atoms with E-state index in [1.54, 1.807) is 11.8 Å². The summed E-state index contributed by atoms with van der Waals surface area (Å²) < 4.78 is 5.21. The molecule has 0 aliphatic carbocycles. The molecule has 26 heavy (non-hydrogen) atoms. The van der Waals surface area contributed by atoms with E-state index in [2.05, 4.69) is 20.1 Å². The predicted octanol–water partition coefficient (Wildman–Crippen LogP) is 1.56. The van der Waals surface area contributed by atoms with Crippen LogP contribution in [-0.4, -0.2) is 44.0 Å². The van der Waals surface area contributed by atoms with Gasteiger partial charge in [0.15, 0.2) is 5.82 Å². The minimum Gasteiger partial charge on any atom is -0.342 e. The Morgan fingerprint density at radius 2 is 2.19 bits per heavy atom. The van der Waals surface area contributed by atoms with Crippen LogP contribution < -0.4 is 5.56 Å². The molecule has 3 heterocycles. The first-order chi connectivity index (χ1) is 12.6. The molecule has 0 saturated carbocycles. The van der Waals surface area contributed by atoms with Crippen LogP contribution in [0.15, 0.2) is 33.6 Å². The Morgan fingerprint density at radius 3 is 3.00 bits per heavy atom. The van der Waals surface area contributed by atoms with Crippen LogP contribution in [0.5, 0.6) is 0 Å². The number of H-pyrrole nitrogens is 1. The molecule has 1 aliphatic heterocycles. The van der Waals surface area contributed by atoms with E-state index in [0.29, 0.717) is 42.4 Å². The number of nitrogens with zero attached hydrogens (tertiary/aromatic N) is 4. The number of hydrogen-bond acceptors (Lipinski definition) is 6. The van der Waals surface area contributed by atoms with Crippen LogP contribution in [0.2, 0.25) is 0 Å². The zero-order valence-corrected chi connectivity index (χ0v) is 14.4. The second-order valence-corrected chi connectivity index (χ2v) is 6.53. The van der Waals surface area contributed by atoms with Crippen molar-refractivity contribution in [2.24, 2.45) is 0 Å². The third kappa shape index (κ3) is 3.22. The number of nitrogens with one attached hydrogen (secondary N) is 1. The first-order valence-corrected chi connectivity index (χ1v) is 8.66. The lowest BCUT2D eigenvalue weighted by Crippen LogP contribution is -2.29. The maximum Gasteiger partial charge on any atom is 0.270 e. The van der Waals surface area contributed by atoms with E-state index in [0.717, 1.165) is 11.9 Å². The monoisotopic (exact) mass is 353 g/mol. The lowest BCUT2D eigenvalue weighted by molar-refractivity contribution is -0.130. The highest BCUT2D eigenvalue weighted by molar-refractivity contribution is 5.77. The van der Waals surface area contributed by atoms with Crippen molar-refractivity contribution in [3.8, 4) is 0 Å². The molecule has 1 amide bonds. The Morgan fingerprint density at radius 1 is 1.35 bits per heavy atom. The van der Waals surface area contributed by atoms with Crippen molar-refractivity contribution in [1.82, 2.24) is 25.0 Å². The Kier molecular flexibility index (Phi) is 4.24. The molecule has 3 aromatic rings. The second-order valence-electron chi connectivity index (χ2n) is 6.53. The van der Waals surface area contributed by atoms with Gasteiger partial charge in [-0.3, -0.25) is 9.59 Å². The molecule has 1 fully saturated rings. The molecule has 0 spiro atoms. The van der Waals surface area contributed by atoms with Crippen LogP contribution in [0, 0.1) is 6.92 Å². The molecule has 8 heteroatoms. The highest BCUT2D eigenvalue weighted by atomic mass is 16.5. The van der Waals surface area contributed by atoms with E-state index < -0.39 is 0 Å². The molecule has 1 N–H and O–H groups in total. The third-order valence-electron chi connectivity index (χ3n) is 4.68. The van der Waals surface area contributed by atoms with Crippen molar-refractivity contribution in [3.63, 3.8) is 0 Å². The Hall–Kier alpha value is -3.03. The molecule has 8 nitrogen and oxygen atoms in total. The molecule has 0 radical (unpaired) electrons. The summed E-state index contributed by atoms with van der Waals surface area (Å²) in [6, 6.07) is 7.36. The summed E-state index contributed by atoms with van der Waals surface area (Å²) in [6.45, 7) is 3.01. The zero-order valence-electron chi connectivity index (χ0n) is 14.4. The van der Waals surface area contributed by atoms with E-state index in [1.165, 1.54) is 0 Å². The molecule has 0 bridgehead atoms. The van der Waals surface area contributed by atoms with Crippen LogP contribution in [0.1, 0.15) is 36.2 Å². The molecular weight excluding hydrogens is 334 g/mol. The van der Waals surface area contributed by atoms with Crippen LogP contribution in [-0.2, 0) is 11.2 Å². The summed E-state index contributed by atoms with van der Waals surface area (Å²) in [4.78, 5) is 37.9. The molecule has 1 aliphatic rings. The van der Waals surface area contributed by atoms with Crippen molar-refractivity contribution >= 4 is 16.9 Å². The number of aromatic amines is 1. The topological polar surface area (TPSA) is 105 Å². The normalized spacial score (nSPS) is 17.1. The van der Waals surface area contributed by atoms with Gasteiger partial charge in [0.05, 0.1) is 17.0 Å². The zero-order chi connectivity index (χ0) is 18.1. The first kappa shape index (κ1) is 16.4. The van der Waals surface area contributed by atoms with Gasteiger partial charge < -0.3 is 14.4 Å². The standard InChI is InChI=1S/C18H19N5O3/c1-11-19-18(26-22-11)12-8-9-23(10-12)16(24)7-6-15-17(25)21-14-5-3-2-4-13(14)20-15/h2-5,12H,6-10H2,1H3,(H,21,25)/t12-/m1/s1. The number of rotatable bonds is 4. The summed E-state index contributed by atoms with van der Waals surface area (Å²) in [5.41, 5.74) is 1.57. The van der Waals surface area contributed by atoms with Crippen molar-refractivity contribution in [3.05, 3.63) is 52.0 Å². The largest absolute Gasteiger partial charge is 0.342 e. The average molecular weight is 353 g/mol. The number of likely N-dealkylation sites (tertiary alicyclic amines) is 1. The highest BCUT2D eigenvalue weighted by Gasteiger charge is 2.30. The van der Waals surface area contributed by atoms with Crippen molar-refractivity contribution < 1.29 is 9.32 Å². The van der Waals surface area contributed by atoms with Gasteiger partial charge in [-0.2, -0.15) is 4.98 Å². The Bertz CT molecular complexity index is 1010. The predicted molar refractivity (Wildman–Crippen MR) is 93.7 cm³/mol. The molecule has 1 aromatic carbocycles. The fourth-order valence-electron chi connectivity index (χ4n) is 3.29. The van der Waals surface area contributed by atoms with Crippen LogP contribution in [0.3, 0.4) is 0 Å². The van der Waals surface area contributed by atoms with E-state index in [-0.39, 0.29) is 23.8 Å². The van der Waals surface area contributed by atoms with Crippen LogP contribution in [0.4, 0.5) is 0 Å². The van der Waals surface area contributed by atoms with E-state index in [1.807, 2.05) is 24.3 Å². The highest BCUT2D eigenvalue weighted by Crippen LogP contribution is 2.26. The summed E-state index contributed by atoms with van der Waals surface area (Å²) in [6.07, 6.45) is 1.38. The number of aromatic nitrogens is 4.